The van der Waals surface area contributed by atoms with Gasteiger partial charge in [-0.3, -0.25) is 29.7 Å². The van der Waals surface area contributed by atoms with Crippen molar-refractivity contribution in [3.63, 3.8) is 0 Å². The molecule has 5 rings (SSSR count). The quantitative estimate of drug-likeness (QED) is 0.0452. The third-order valence-corrected chi connectivity index (χ3v) is 12.0. The van der Waals surface area contributed by atoms with Gasteiger partial charge in [-0.2, -0.15) is 4.31 Å². The van der Waals surface area contributed by atoms with E-state index < -0.39 is 58.4 Å². The summed E-state index contributed by atoms with van der Waals surface area (Å²) >= 11 is -5.05. The molecule has 0 aromatic carbocycles. The van der Waals surface area contributed by atoms with Crippen LogP contribution in [0.25, 0.3) is 0 Å². The van der Waals surface area contributed by atoms with Crippen molar-refractivity contribution in [2.24, 2.45) is 0 Å². The fraction of sp³-hybridized carbons (Fsp3) is 0.884. The standard InChI is InChI=1S/C8H12F2O2.C8H14O3.C8H12O3.C7H10F2O3.C6H14F3NOS.C5H10O.CH4.Li.H2O2.2H2O/c1-6(11)8(7(9)10)4-2-3-5-12-8;2*1-7(10)8(6-9)4-2-3-5-11-8;8-5(9)7(6(10)11)3-1-2-4-12-7;1-3-4-10(5-6-11-2)12(7,8)9;1-5-3-2-4-6-5;;;1-2;;/h7H,2-5H2,1H3;9H,2-6H2,1H3;6H,2-5H2,1H3;5H,1-4H2,(H,10,11);3-6H2,1-2H3;5H,2-4H2,1H3;1H4;;1-2H;2*1H2/q;;;;;;;+1;;;/p-1. The number of carboxylic acids is 1. The fourth-order valence-corrected chi connectivity index (χ4v) is 7.48. The Kier molecular flexibility index (Phi) is 48.3. The number of aldehydes is 1. The number of ether oxygens (including phenoxy) is 6. The van der Waals surface area contributed by atoms with Gasteiger partial charge in [-0.05, 0) is 124 Å². The third-order valence-electron chi connectivity index (χ3n) is 11.1. The summed E-state index contributed by atoms with van der Waals surface area (Å²) in [6.07, 6.45) is 6.20. The van der Waals surface area contributed by atoms with Gasteiger partial charge in [0.05, 0.1) is 19.3 Å². The third kappa shape index (κ3) is 28.0. The average molecular weight is 1060 g/mol. The Hall–Kier alpha value is -1.87. The smallest absolute Gasteiger partial charge is 0.870 e. The molecular weight excluding hydrogens is 974 g/mol. The van der Waals surface area contributed by atoms with Crippen molar-refractivity contribution in [3.05, 3.63) is 0 Å². The molecule has 5 unspecified atom stereocenters. The zero-order valence-corrected chi connectivity index (χ0v) is 41.8. The molecule has 5 atom stereocenters. The number of Topliss-reactive ketones (excluding diaryl/α,β-unsaturated/α-hetero) is 3. The van der Waals surface area contributed by atoms with Crippen LogP contribution in [0.4, 0.5) is 29.2 Å². The van der Waals surface area contributed by atoms with Crippen LogP contribution in [0.15, 0.2) is 0 Å². The van der Waals surface area contributed by atoms with Gasteiger partial charge in [0.25, 0.3) is 24.2 Å². The molecule has 27 heteroatoms. The van der Waals surface area contributed by atoms with Gasteiger partial charge in [0.2, 0.25) is 5.60 Å². The number of aliphatic hydroxyl groups is 1. The molecule has 5 heterocycles. The molecule has 0 bridgehead atoms. The van der Waals surface area contributed by atoms with Crippen molar-refractivity contribution in [3.8, 4) is 0 Å². The molecule has 416 valence electrons. The van der Waals surface area contributed by atoms with Gasteiger partial charge in [-0.15, -0.1) is 11.7 Å². The second kappa shape index (κ2) is 42.5. The first kappa shape index (κ1) is 79.5. The average Bonchev–Trinajstić information content (AvgIpc) is 3.80. The Morgan fingerprint density at radius 2 is 1.19 bits per heavy atom. The molecule has 0 aliphatic carbocycles. The minimum absolute atomic E-state index is 0. The topological polar surface area (TPSA) is 286 Å². The minimum atomic E-state index is -5.05. The van der Waals surface area contributed by atoms with E-state index in [-0.39, 0.29) is 101 Å². The predicted molar refractivity (Wildman–Crippen MR) is 242 cm³/mol. The van der Waals surface area contributed by atoms with Crippen LogP contribution in [0.2, 0.25) is 0 Å². The molecule has 18 nitrogen and oxygen atoms in total. The normalized spacial score (nSPS) is 25.8. The molecule has 0 radical (unpaired) electrons. The Balaban J connectivity index is -0.000000174. The summed E-state index contributed by atoms with van der Waals surface area (Å²) in [4.78, 5) is 54.1. The van der Waals surface area contributed by atoms with Crippen molar-refractivity contribution in [1.82, 2.24) is 4.31 Å². The van der Waals surface area contributed by atoms with Crippen molar-refractivity contribution < 1.29 is 132 Å². The number of hydrogen-bond acceptors (Lipinski definition) is 16. The summed E-state index contributed by atoms with van der Waals surface area (Å²) in [6, 6.07) is 0. The summed E-state index contributed by atoms with van der Waals surface area (Å²) in [5.41, 5.74) is -5.99. The van der Waals surface area contributed by atoms with Crippen LogP contribution in [-0.4, -0.2) is 173 Å². The molecule has 5 fully saturated rings. The molecule has 0 aromatic rings. The van der Waals surface area contributed by atoms with E-state index in [1.807, 2.05) is 0 Å². The number of nitrogens with zero attached hydrogens (tertiary/aromatic N) is 1. The van der Waals surface area contributed by atoms with E-state index in [1.54, 1.807) is 6.92 Å². The minimum Gasteiger partial charge on any atom is -0.870 e. The molecule has 0 aromatic heterocycles. The maximum absolute atomic E-state index is 12.5. The number of alkyl halides is 4. The van der Waals surface area contributed by atoms with E-state index in [4.69, 9.17) is 39.7 Å². The number of carbonyl (C=O) groups excluding carboxylic acids is 4. The number of carbonyl (C=O) groups is 5. The molecule has 0 saturated carbocycles. The van der Waals surface area contributed by atoms with E-state index >= 15 is 0 Å². The molecule has 5 saturated heterocycles. The number of halogens is 7. The Morgan fingerprint density at radius 1 is 0.729 bits per heavy atom. The number of rotatable bonds is 14. The maximum atomic E-state index is 12.5. The number of aliphatic carboxylic acids is 1. The van der Waals surface area contributed by atoms with Gasteiger partial charge >= 0.3 is 24.8 Å². The van der Waals surface area contributed by atoms with E-state index in [0.717, 1.165) is 45.6 Å². The van der Waals surface area contributed by atoms with Crippen molar-refractivity contribution >= 4 is 41.0 Å². The monoisotopic (exact) mass is 1060 g/mol. The Morgan fingerprint density at radius 3 is 1.37 bits per heavy atom. The first-order valence-corrected chi connectivity index (χ1v) is 23.3. The summed E-state index contributed by atoms with van der Waals surface area (Å²) in [5.74, 6) is -2.35. The van der Waals surface area contributed by atoms with Crippen LogP contribution in [-0.2, 0) is 52.4 Å². The van der Waals surface area contributed by atoms with Crippen LogP contribution >= 0.6 is 11.4 Å². The van der Waals surface area contributed by atoms with Crippen LogP contribution in [0.3, 0.4) is 0 Å². The van der Waals surface area contributed by atoms with Crippen molar-refractivity contribution in [2.75, 3.05) is 66.4 Å². The van der Waals surface area contributed by atoms with Crippen molar-refractivity contribution in [2.45, 2.75) is 180 Å². The molecular formula is C43H81F7LiNO17S. The summed E-state index contributed by atoms with van der Waals surface area (Å²) in [7, 11) is 1.40. The second-order valence-corrected chi connectivity index (χ2v) is 17.1. The van der Waals surface area contributed by atoms with Crippen molar-refractivity contribution in [1.29, 1.82) is 0 Å². The maximum Gasteiger partial charge on any atom is 1.00 e. The van der Waals surface area contributed by atoms with Gasteiger partial charge < -0.3 is 49.6 Å². The SMILES string of the molecule is C.CC(=O)C1(C(F)F)CCCCO1.CC(=O)C1(C=O)CCCCO1.CC(=O)C1(CO)CCCCO1.CC1CCCO1.CCCN(CCOC)S(F)(F)F.O.O=C(O)C1(C(F)F)CCCCO1.OO.[Li+].[OH-]. The summed E-state index contributed by atoms with van der Waals surface area (Å²) in [5, 5.41) is 29.5. The summed E-state index contributed by atoms with van der Waals surface area (Å²) < 4.78 is 116. The molecule has 0 amide bonds. The Bertz CT molecular complexity index is 1310. The van der Waals surface area contributed by atoms with E-state index in [9.17, 15) is 53.2 Å². The number of aliphatic hydroxyl groups excluding tert-OH is 1. The predicted octanol–water partition coefficient (Wildman–Crippen LogP) is 4.84. The first-order chi connectivity index (χ1) is 31.0. The molecule has 0 spiro atoms. The molecule has 5 aliphatic rings. The van der Waals surface area contributed by atoms with E-state index in [0.29, 0.717) is 68.4 Å². The summed E-state index contributed by atoms with van der Waals surface area (Å²) in [6.45, 7) is 10.3. The molecule has 7 N–H and O–H groups in total. The van der Waals surface area contributed by atoms with Crippen LogP contribution < -0.4 is 18.9 Å². The second-order valence-electron chi connectivity index (χ2n) is 15.9. The molecule has 70 heavy (non-hydrogen) atoms. The largest absolute Gasteiger partial charge is 1.00 e. The van der Waals surface area contributed by atoms with Crippen LogP contribution in [0.5, 0.6) is 0 Å². The van der Waals surface area contributed by atoms with Crippen LogP contribution in [0, 0.1) is 0 Å². The van der Waals surface area contributed by atoms with E-state index in [1.165, 1.54) is 33.8 Å². The zero-order valence-electron chi connectivity index (χ0n) is 41.0. The van der Waals surface area contributed by atoms with Gasteiger partial charge in [0, 0.05) is 53.2 Å². The number of hydrogen-bond donors (Lipinski definition) is 4. The van der Waals surface area contributed by atoms with Gasteiger partial charge in [-0.1, -0.05) is 14.4 Å². The van der Waals surface area contributed by atoms with E-state index in [2.05, 4.69) is 16.4 Å². The zero-order chi connectivity index (χ0) is 51.0. The number of carboxylic acid groups (broad SMARTS) is 1. The molecule has 5 aliphatic heterocycles. The van der Waals surface area contributed by atoms with Gasteiger partial charge in [-0.25, -0.2) is 22.4 Å². The fourth-order valence-electron chi connectivity index (χ4n) is 6.81. The van der Waals surface area contributed by atoms with Gasteiger partial charge in [0.1, 0.15) is 5.60 Å². The van der Waals surface area contributed by atoms with Gasteiger partial charge in [0.15, 0.2) is 34.8 Å². The Labute approximate surface area is 422 Å². The number of methoxy groups -OCH3 is 1. The van der Waals surface area contributed by atoms with Crippen LogP contribution in [0.1, 0.15) is 138 Å². The first-order valence-electron chi connectivity index (χ1n) is 22.0. The number of ketones is 3.